The Morgan fingerprint density at radius 2 is 0.488 bits per heavy atom. The van der Waals surface area contributed by atoms with Crippen molar-refractivity contribution in [3.63, 3.8) is 0 Å². The molecule has 0 rings (SSSR count). The molecule has 458 valence electrons. The van der Waals surface area contributed by atoms with Crippen molar-refractivity contribution >= 4 is 17.9 Å². The highest BCUT2D eigenvalue weighted by Gasteiger charge is 2.19. The van der Waals surface area contributed by atoms with E-state index >= 15 is 0 Å². The third-order valence-corrected chi connectivity index (χ3v) is 13.2. The van der Waals surface area contributed by atoms with Gasteiger partial charge in [-0.2, -0.15) is 0 Å². The first kappa shape index (κ1) is 76.5. The smallest absolute Gasteiger partial charge is 0.306 e. The molecule has 0 aliphatic rings. The maximum absolute atomic E-state index is 12.9. The zero-order valence-electron chi connectivity index (χ0n) is 52.4. The Balaban J connectivity index is 4.25. The van der Waals surface area contributed by atoms with Crippen molar-refractivity contribution in [2.45, 2.75) is 264 Å². The van der Waals surface area contributed by atoms with Gasteiger partial charge in [-0.25, -0.2) is 0 Å². The van der Waals surface area contributed by atoms with Crippen molar-refractivity contribution in [2.24, 2.45) is 0 Å². The molecule has 0 aromatic heterocycles. The Morgan fingerprint density at radius 3 is 0.793 bits per heavy atom. The number of ether oxygens (including phenoxy) is 3. The van der Waals surface area contributed by atoms with Crippen molar-refractivity contribution in [3.05, 3.63) is 182 Å². The van der Waals surface area contributed by atoms with Gasteiger partial charge in [-0.05, 0) is 135 Å². The molecule has 0 heterocycles. The Hall–Kier alpha value is -5.49. The highest BCUT2D eigenvalue weighted by molar-refractivity contribution is 5.71. The van der Waals surface area contributed by atoms with E-state index in [-0.39, 0.29) is 37.5 Å². The van der Waals surface area contributed by atoms with Crippen LogP contribution in [0.4, 0.5) is 0 Å². The number of hydrogen-bond acceptors (Lipinski definition) is 6. The van der Waals surface area contributed by atoms with Gasteiger partial charge in [0.15, 0.2) is 6.10 Å². The average Bonchev–Trinajstić information content (AvgIpc) is 3.47. The van der Waals surface area contributed by atoms with E-state index in [0.29, 0.717) is 19.3 Å². The zero-order chi connectivity index (χ0) is 59.2. The van der Waals surface area contributed by atoms with E-state index in [9.17, 15) is 14.4 Å². The monoisotopic (exact) mass is 1130 g/mol. The molecular weight excluding hydrogens is 1010 g/mol. The van der Waals surface area contributed by atoms with Gasteiger partial charge in [-0.1, -0.05) is 287 Å². The van der Waals surface area contributed by atoms with Crippen LogP contribution < -0.4 is 0 Å². The van der Waals surface area contributed by atoms with E-state index in [1.807, 2.05) is 0 Å². The van der Waals surface area contributed by atoms with Gasteiger partial charge in [0.05, 0.1) is 0 Å². The van der Waals surface area contributed by atoms with Gasteiger partial charge < -0.3 is 14.2 Å². The highest BCUT2D eigenvalue weighted by atomic mass is 16.6. The molecule has 0 fully saturated rings. The van der Waals surface area contributed by atoms with Crippen LogP contribution in [0, 0.1) is 0 Å². The minimum Gasteiger partial charge on any atom is -0.462 e. The number of hydrogen-bond donors (Lipinski definition) is 0. The zero-order valence-corrected chi connectivity index (χ0v) is 52.4. The predicted molar refractivity (Wildman–Crippen MR) is 357 cm³/mol. The van der Waals surface area contributed by atoms with Crippen LogP contribution in [0.1, 0.15) is 258 Å². The summed E-state index contributed by atoms with van der Waals surface area (Å²) in [6, 6.07) is 0. The van der Waals surface area contributed by atoms with Crippen LogP contribution in [-0.4, -0.2) is 37.2 Å². The van der Waals surface area contributed by atoms with E-state index in [2.05, 4.69) is 203 Å². The van der Waals surface area contributed by atoms with Crippen molar-refractivity contribution in [1.82, 2.24) is 0 Å². The lowest BCUT2D eigenvalue weighted by atomic mass is 10.0. The van der Waals surface area contributed by atoms with Crippen LogP contribution in [0.25, 0.3) is 0 Å². The molecule has 0 saturated heterocycles. The first-order chi connectivity index (χ1) is 40.5. The van der Waals surface area contributed by atoms with E-state index < -0.39 is 6.10 Å². The van der Waals surface area contributed by atoms with Crippen molar-refractivity contribution < 1.29 is 28.6 Å². The standard InChI is InChI=1S/C76H118O6/c1-4-7-10-13-16-18-20-22-24-26-28-30-32-34-36-38-40-42-44-46-48-50-52-54-56-58-60-63-66-69-75(78)81-72-73(71-80-74(77)68-65-62-15-12-9-6-3)82-76(79)70-67-64-61-59-57-55-53-51-49-47-45-43-41-39-37-35-33-31-29-27-25-23-21-19-17-14-11-8-5-2/h7-8,10-11,16-19,22-25,28-31,34-37,40-43,46,48,52,54,58,60,73H,4-6,9,12-15,20-21,26-27,32-33,38-39,44-45,47,49-51,53,55-57,59,61-72H2,1-3H3/b10-7-,11-8-,18-16-,19-17-,24-22-,25-23-,30-28-,31-29-,36-34-,37-35-,42-40-,43-41-,48-46-,54-52-,60-58-. The Labute approximate surface area is 504 Å². The van der Waals surface area contributed by atoms with Gasteiger partial charge in [-0.15, -0.1) is 0 Å². The lowest BCUT2D eigenvalue weighted by Crippen LogP contribution is -2.30. The first-order valence-corrected chi connectivity index (χ1v) is 32.8. The molecule has 1 unspecified atom stereocenters. The van der Waals surface area contributed by atoms with Gasteiger partial charge in [0.2, 0.25) is 0 Å². The quantitative estimate of drug-likeness (QED) is 0.0261. The van der Waals surface area contributed by atoms with Gasteiger partial charge in [-0.3, -0.25) is 14.4 Å². The van der Waals surface area contributed by atoms with Crippen LogP contribution >= 0.6 is 0 Å². The summed E-state index contributed by atoms with van der Waals surface area (Å²) >= 11 is 0. The minimum absolute atomic E-state index is 0.105. The van der Waals surface area contributed by atoms with Gasteiger partial charge >= 0.3 is 17.9 Å². The molecule has 0 aromatic carbocycles. The number of carbonyl (C=O) groups excluding carboxylic acids is 3. The fraction of sp³-hybridized carbons (Fsp3) is 0.566. The fourth-order valence-electron chi connectivity index (χ4n) is 8.33. The minimum atomic E-state index is -0.811. The van der Waals surface area contributed by atoms with E-state index in [1.165, 1.54) is 64.2 Å². The van der Waals surface area contributed by atoms with Crippen LogP contribution in [0.5, 0.6) is 0 Å². The number of esters is 3. The molecule has 1 atom stereocenters. The van der Waals surface area contributed by atoms with Crippen LogP contribution in [0.15, 0.2) is 182 Å². The number of allylic oxidation sites excluding steroid dienone is 30. The van der Waals surface area contributed by atoms with Crippen LogP contribution in [-0.2, 0) is 28.6 Å². The summed E-state index contributed by atoms with van der Waals surface area (Å²) < 4.78 is 16.7. The number of unbranched alkanes of at least 4 members (excludes halogenated alkanes) is 16. The summed E-state index contributed by atoms with van der Waals surface area (Å²) in [4.78, 5) is 38.0. The second kappa shape index (κ2) is 68.0. The molecule has 82 heavy (non-hydrogen) atoms. The summed E-state index contributed by atoms with van der Waals surface area (Å²) in [6.07, 6.45) is 102. The maximum Gasteiger partial charge on any atom is 0.306 e. The second-order valence-electron chi connectivity index (χ2n) is 20.9. The number of carbonyl (C=O) groups is 3. The second-order valence-corrected chi connectivity index (χ2v) is 20.9. The number of rotatable bonds is 57. The molecule has 0 amide bonds. The van der Waals surface area contributed by atoms with E-state index in [4.69, 9.17) is 14.2 Å². The highest BCUT2D eigenvalue weighted by Crippen LogP contribution is 2.14. The molecule has 0 aliphatic carbocycles. The van der Waals surface area contributed by atoms with E-state index in [0.717, 1.165) is 148 Å². The molecule has 0 aromatic rings. The predicted octanol–water partition coefficient (Wildman–Crippen LogP) is 22.8. The van der Waals surface area contributed by atoms with Gasteiger partial charge in [0.1, 0.15) is 13.2 Å². The Morgan fingerprint density at radius 1 is 0.256 bits per heavy atom. The molecule has 6 nitrogen and oxygen atoms in total. The van der Waals surface area contributed by atoms with Crippen molar-refractivity contribution in [1.29, 1.82) is 0 Å². The summed E-state index contributed by atoms with van der Waals surface area (Å²) in [5.74, 6) is -0.989. The van der Waals surface area contributed by atoms with E-state index in [1.54, 1.807) is 0 Å². The Kier molecular flexibility index (Phi) is 63.5. The van der Waals surface area contributed by atoms with Crippen LogP contribution in [0.2, 0.25) is 0 Å². The van der Waals surface area contributed by atoms with Crippen molar-refractivity contribution in [2.75, 3.05) is 13.2 Å². The van der Waals surface area contributed by atoms with Gasteiger partial charge in [0, 0.05) is 19.3 Å². The third kappa shape index (κ3) is 65.3. The fourth-order valence-corrected chi connectivity index (χ4v) is 8.33. The lowest BCUT2D eigenvalue weighted by Gasteiger charge is -2.18. The topological polar surface area (TPSA) is 78.9 Å². The molecule has 0 spiro atoms. The molecule has 0 saturated carbocycles. The molecule has 0 radical (unpaired) electrons. The molecule has 0 aliphatic heterocycles. The van der Waals surface area contributed by atoms with Crippen molar-refractivity contribution in [3.8, 4) is 0 Å². The first-order valence-electron chi connectivity index (χ1n) is 32.8. The molecular formula is C76H118O6. The summed E-state index contributed by atoms with van der Waals surface area (Å²) in [5, 5.41) is 0. The Bertz CT molecular complexity index is 1920. The third-order valence-electron chi connectivity index (χ3n) is 13.2. The molecule has 0 N–H and O–H groups in total. The average molecular weight is 1130 g/mol. The SMILES string of the molecule is CC/C=C\C/C=C\C/C=C\C/C=C\C/C=C\C/C=C\C/C=C\C/C=C\C/C=C\CCCC(=O)OCC(COC(=O)CCCCCCCC)OC(=O)CCCCCCCCCCCC/C=C\C/C=C\C/C=C\C/C=C\C/C=C\C/C=C\CC. The maximum atomic E-state index is 12.9. The summed E-state index contributed by atoms with van der Waals surface area (Å²) in [7, 11) is 0. The largest absolute Gasteiger partial charge is 0.462 e. The van der Waals surface area contributed by atoms with Gasteiger partial charge in [0.25, 0.3) is 0 Å². The normalized spacial score (nSPS) is 13.4. The summed E-state index contributed by atoms with van der Waals surface area (Å²) in [5.41, 5.74) is 0. The summed E-state index contributed by atoms with van der Waals surface area (Å²) in [6.45, 7) is 6.29. The lowest BCUT2D eigenvalue weighted by molar-refractivity contribution is -0.167. The molecule has 0 bridgehead atoms. The molecule has 6 heteroatoms. The van der Waals surface area contributed by atoms with Crippen LogP contribution in [0.3, 0.4) is 0 Å².